The van der Waals surface area contributed by atoms with E-state index in [1.165, 1.54) is 26.1 Å². The van der Waals surface area contributed by atoms with Gasteiger partial charge in [-0.15, -0.1) is 0 Å². The predicted molar refractivity (Wildman–Crippen MR) is 132 cm³/mol. The van der Waals surface area contributed by atoms with Crippen LogP contribution in [0.1, 0.15) is 61.1 Å². The van der Waals surface area contributed by atoms with E-state index in [-0.39, 0.29) is 12.2 Å². The first-order valence-corrected chi connectivity index (χ1v) is 13.6. The van der Waals surface area contributed by atoms with E-state index in [1.807, 2.05) is 0 Å². The Morgan fingerprint density at radius 3 is 2.16 bits per heavy atom. The number of ether oxygens (including phenoxy) is 3. The summed E-state index contributed by atoms with van der Waals surface area (Å²) < 4.78 is 51.7. The van der Waals surface area contributed by atoms with Gasteiger partial charge in [-0.05, 0) is 47.6 Å². The maximum absolute atomic E-state index is 15.7. The second-order valence-corrected chi connectivity index (χ2v) is 11.5. The van der Waals surface area contributed by atoms with E-state index in [0.717, 1.165) is 4.57 Å². The van der Waals surface area contributed by atoms with Gasteiger partial charge in [0.1, 0.15) is 30.7 Å². The number of carbonyl (C=O) groups is 2. The van der Waals surface area contributed by atoms with Gasteiger partial charge in [0.25, 0.3) is 0 Å². The summed E-state index contributed by atoms with van der Waals surface area (Å²) in [5.41, 5.74) is 4.80. The molecule has 0 aliphatic carbocycles. The number of rotatable bonds is 12. The van der Waals surface area contributed by atoms with Crippen LogP contribution >= 0.6 is 7.67 Å². The summed E-state index contributed by atoms with van der Waals surface area (Å²) in [6, 6.07) is -0.899. The molecule has 5 atom stereocenters. The lowest BCUT2D eigenvalue weighted by Crippen LogP contribution is -2.44. The number of anilines is 1. The summed E-state index contributed by atoms with van der Waals surface area (Å²) in [5, 5.41) is 4.97. The molecule has 0 unspecified atom stereocenters. The number of nitrogens with one attached hydrogen (secondary N) is 2. The Labute approximate surface area is 215 Å². The molecule has 0 saturated carbocycles. The highest BCUT2D eigenvalue weighted by Gasteiger charge is 2.48. The lowest BCUT2D eigenvalue weighted by molar-refractivity contribution is -0.174. The number of alkyl halides is 1. The van der Waals surface area contributed by atoms with Crippen molar-refractivity contribution >= 4 is 25.4 Å². The number of hydrogen-bond donors (Lipinski definition) is 3. The zero-order chi connectivity index (χ0) is 28.1. The Hall–Kier alpha value is -2.38. The van der Waals surface area contributed by atoms with Crippen molar-refractivity contribution in [2.75, 3.05) is 12.3 Å². The highest BCUT2D eigenvalue weighted by molar-refractivity contribution is 7.54. The van der Waals surface area contributed by atoms with E-state index in [1.54, 1.807) is 34.6 Å². The average Bonchev–Trinajstić information content (AvgIpc) is 3.05. The van der Waals surface area contributed by atoms with E-state index in [2.05, 4.69) is 15.2 Å². The minimum Gasteiger partial charge on any atom is -0.462 e. The van der Waals surface area contributed by atoms with E-state index in [4.69, 9.17) is 24.5 Å². The van der Waals surface area contributed by atoms with Crippen LogP contribution < -0.4 is 21.6 Å². The monoisotopic (exact) mass is 549 g/mol. The molecule has 1 saturated heterocycles. The molecule has 2 heterocycles. The zero-order valence-electron chi connectivity index (χ0n) is 22.1. The molecule has 15 heteroatoms. The summed E-state index contributed by atoms with van der Waals surface area (Å²) in [6.45, 7) is 10.2. The van der Waals surface area contributed by atoms with E-state index in [0.29, 0.717) is 0 Å². The molecule has 1 fully saturated rings. The van der Waals surface area contributed by atoms with Gasteiger partial charge in [0.15, 0.2) is 0 Å². The van der Waals surface area contributed by atoms with E-state index in [9.17, 15) is 18.9 Å². The molecule has 37 heavy (non-hydrogen) atoms. The molecule has 4 N–H and O–H groups in total. The summed E-state index contributed by atoms with van der Waals surface area (Å²) in [4.78, 5) is 40.4. The van der Waals surface area contributed by atoms with Gasteiger partial charge < -0.3 is 24.5 Å². The van der Waals surface area contributed by atoms with Crippen LogP contribution in [-0.2, 0) is 32.9 Å². The maximum atomic E-state index is 15.7. The fourth-order valence-electron chi connectivity index (χ4n) is 3.59. The van der Waals surface area contributed by atoms with E-state index < -0.39 is 74.2 Å². The van der Waals surface area contributed by atoms with Crippen LogP contribution in [0.3, 0.4) is 0 Å². The Balaban J connectivity index is 2.20. The van der Waals surface area contributed by atoms with Crippen molar-refractivity contribution < 1.29 is 37.3 Å². The molecular weight excluding hydrogens is 512 g/mol. The van der Waals surface area contributed by atoms with Gasteiger partial charge in [0.2, 0.25) is 5.85 Å². The van der Waals surface area contributed by atoms with Gasteiger partial charge in [-0.2, -0.15) is 4.98 Å². The first-order chi connectivity index (χ1) is 17.0. The Kier molecular flexibility index (Phi) is 10.4. The second-order valence-electron chi connectivity index (χ2n) is 9.61. The van der Waals surface area contributed by atoms with Crippen LogP contribution in [0.25, 0.3) is 0 Å². The molecular formula is C22H37FN5O8P. The van der Waals surface area contributed by atoms with Gasteiger partial charge in [-0.1, -0.05) is 6.92 Å². The Bertz CT molecular complexity index is 1040. The van der Waals surface area contributed by atoms with Crippen molar-refractivity contribution in [2.24, 2.45) is 5.92 Å². The molecule has 1 aliphatic rings. The summed E-state index contributed by atoms with van der Waals surface area (Å²) >= 11 is 0. The Morgan fingerprint density at radius 2 is 1.70 bits per heavy atom. The number of nitrogens with zero attached hydrogens (tertiary/aromatic N) is 2. The van der Waals surface area contributed by atoms with Crippen molar-refractivity contribution in [1.82, 2.24) is 19.7 Å². The fourth-order valence-corrected chi connectivity index (χ4v) is 5.42. The number of aromatic nitrogens is 2. The van der Waals surface area contributed by atoms with Crippen LogP contribution in [0.15, 0.2) is 17.1 Å². The van der Waals surface area contributed by atoms with Gasteiger partial charge in [0.05, 0.1) is 12.2 Å². The molecule has 1 aliphatic heterocycles. The predicted octanol–water partition coefficient (Wildman–Crippen LogP) is 2.03. The molecule has 13 nitrogen and oxygen atoms in total. The molecule has 1 aromatic rings. The first kappa shape index (κ1) is 30.8. The quantitative estimate of drug-likeness (QED) is 0.256. The average molecular weight is 550 g/mol. The van der Waals surface area contributed by atoms with Crippen molar-refractivity contribution in [1.29, 1.82) is 0 Å². The maximum Gasteiger partial charge on any atom is 0.351 e. The lowest BCUT2D eigenvalue weighted by Gasteiger charge is -2.29. The molecule has 2 rings (SSSR count). The highest BCUT2D eigenvalue weighted by atomic mass is 31.2. The normalized spacial score (nSPS) is 23.7. The molecule has 0 amide bonds. The molecule has 0 bridgehead atoms. The molecule has 210 valence electrons. The van der Waals surface area contributed by atoms with Crippen molar-refractivity contribution in [3.05, 3.63) is 22.7 Å². The molecule has 1 aromatic heterocycles. The number of halogens is 1. The third kappa shape index (κ3) is 8.85. The molecule has 0 aromatic carbocycles. The number of hydrogen-bond acceptors (Lipinski definition) is 10. The topological polar surface area (TPSA) is 173 Å². The second kappa shape index (κ2) is 12.4. The number of nitrogen functional groups attached to an aromatic ring is 1. The van der Waals surface area contributed by atoms with Crippen LogP contribution in [0, 0.1) is 5.92 Å². The number of esters is 2. The van der Waals surface area contributed by atoms with Crippen molar-refractivity contribution in [2.45, 2.75) is 91.3 Å². The SMILES string of the molecule is CC(C)OC(=O)[C@H](C)NP(=O)(N[C@@H](C)C(=O)OC(C)C)OC[C@]1(F)C[C@H](C)[C@H](n2ccc(N)nc2=O)O1. The third-order valence-corrected chi connectivity index (χ3v) is 7.12. The fraction of sp³-hybridized carbons (Fsp3) is 0.727. The zero-order valence-corrected chi connectivity index (χ0v) is 23.0. The first-order valence-electron chi connectivity index (χ1n) is 12.0. The highest BCUT2D eigenvalue weighted by Crippen LogP contribution is 2.46. The van der Waals surface area contributed by atoms with Gasteiger partial charge in [-0.25, -0.2) is 19.4 Å². The van der Waals surface area contributed by atoms with E-state index >= 15 is 4.39 Å². The minimum absolute atomic E-state index is 0.00931. The largest absolute Gasteiger partial charge is 0.462 e. The summed E-state index contributed by atoms with van der Waals surface area (Å²) in [6.07, 6.45) is -0.749. The number of carbonyl (C=O) groups excluding carboxylic acids is 2. The smallest absolute Gasteiger partial charge is 0.351 e. The van der Waals surface area contributed by atoms with Crippen LogP contribution in [0.2, 0.25) is 0 Å². The van der Waals surface area contributed by atoms with Crippen LogP contribution in [0.4, 0.5) is 10.2 Å². The van der Waals surface area contributed by atoms with Crippen molar-refractivity contribution in [3.8, 4) is 0 Å². The van der Waals surface area contributed by atoms with Crippen LogP contribution in [0.5, 0.6) is 0 Å². The third-order valence-electron chi connectivity index (χ3n) is 5.17. The minimum atomic E-state index is -4.27. The summed E-state index contributed by atoms with van der Waals surface area (Å²) in [5.74, 6) is -4.39. The van der Waals surface area contributed by atoms with Crippen molar-refractivity contribution in [3.63, 3.8) is 0 Å². The lowest BCUT2D eigenvalue weighted by atomic mass is 10.1. The number of nitrogens with two attached hydrogens (primary N) is 1. The van der Waals surface area contributed by atoms with Gasteiger partial charge in [-0.3, -0.25) is 18.7 Å². The molecule has 0 radical (unpaired) electrons. The van der Waals surface area contributed by atoms with Gasteiger partial charge in [0, 0.05) is 18.5 Å². The Morgan fingerprint density at radius 1 is 1.19 bits per heavy atom. The summed E-state index contributed by atoms with van der Waals surface area (Å²) in [7, 11) is -4.27. The van der Waals surface area contributed by atoms with Crippen LogP contribution in [-0.4, -0.2) is 58.2 Å². The molecule has 0 spiro atoms. The standard InChI is InChI=1S/C22H37FN5O8P/c1-12(2)34-19(29)15(6)26-37(32,27-16(7)20(30)35-13(3)4)33-11-22(23)10-14(5)18(36-22)28-9-8-17(24)25-21(28)31/h8-9,12-16,18H,10-11H2,1-7H3,(H2,24,25,31)(H2,26,27,32)/t14-,15-,16-,18+,22-/m0/s1. The van der Waals surface area contributed by atoms with Gasteiger partial charge >= 0.3 is 25.3 Å².